The number of hydrogen-bond donors (Lipinski definition) is 0. The van der Waals surface area contributed by atoms with Crippen molar-refractivity contribution in [1.82, 2.24) is 0 Å². The third-order valence-electron chi connectivity index (χ3n) is 3.06. The Balaban J connectivity index is 2.17. The molecule has 2 aromatic rings. The zero-order chi connectivity index (χ0) is 11.8. The Morgan fingerprint density at radius 1 is 1.00 bits per heavy atom. The van der Waals surface area contributed by atoms with Crippen molar-refractivity contribution in [3.05, 3.63) is 64.7 Å². The minimum Gasteiger partial charge on any atom is -0.289 e. The van der Waals surface area contributed by atoms with Crippen molar-refractivity contribution in [2.45, 2.75) is 11.3 Å². The quantitative estimate of drug-likeness (QED) is 0.656. The Hall–Kier alpha value is -1.25. The molecule has 0 aromatic heterocycles. The van der Waals surface area contributed by atoms with Gasteiger partial charge in [0.2, 0.25) is 0 Å². The molecule has 2 aromatic carbocycles. The molecular weight excluding hydrogens is 252 g/mol. The zero-order valence-electron chi connectivity index (χ0n) is 8.94. The molecule has 0 saturated carbocycles. The minimum atomic E-state index is 0.106. The maximum atomic E-state index is 12.3. The van der Waals surface area contributed by atoms with Gasteiger partial charge in [0.05, 0.1) is 0 Å². The van der Waals surface area contributed by atoms with Crippen LogP contribution in [0.2, 0.25) is 0 Å². The summed E-state index contributed by atoms with van der Waals surface area (Å²) in [6.07, 6.45) is 0.824. The lowest BCUT2D eigenvalue weighted by Crippen LogP contribution is -2.14. The van der Waals surface area contributed by atoms with E-state index in [1.165, 1.54) is 0 Å². The molecule has 0 aliphatic heterocycles. The monoisotopic (exact) mass is 260 g/mol. The number of rotatable bonds is 1. The van der Waals surface area contributed by atoms with Crippen molar-refractivity contribution in [1.29, 1.82) is 0 Å². The maximum absolute atomic E-state index is 12.3. The lowest BCUT2D eigenvalue weighted by molar-refractivity contribution is 0.103. The first-order chi connectivity index (χ1) is 8.29. The molecule has 0 radical (unpaired) electrons. The van der Waals surface area contributed by atoms with Gasteiger partial charge >= 0.3 is 0 Å². The van der Waals surface area contributed by atoms with Crippen LogP contribution < -0.4 is 0 Å². The van der Waals surface area contributed by atoms with Gasteiger partial charge in [-0.05, 0) is 51.3 Å². The summed E-state index contributed by atoms with van der Waals surface area (Å²) in [5.74, 6) is 0.106. The van der Waals surface area contributed by atoms with E-state index in [-0.39, 0.29) is 5.78 Å². The number of halogens is 1. The predicted molar refractivity (Wildman–Crippen MR) is 70.8 cm³/mol. The summed E-state index contributed by atoms with van der Waals surface area (Å²) in [5.41, 5.74) is 3.80. The van der Waals surface area contributed by atoms with Crippen LogP contribution in [0.3, 0.4) is 0 Å². The van der Waals surface area contributed by atoms with Crippen LogP contribution >= 0.6 is 21.7 Å². The van der Waals surface area contributed by atoms with Crippen molar-refractivity contribution in [3.8, 4) is 0 Å². The average molecular weight is 261 g/mol. The van der Waals surface area contributed by atoms with Crippen LogP contribution in [-0.4, -0.2) is 5.78 Å². The molecular formula is C14H9ClOS. The third-order valence-corrected chi connectivity index (χ3v) is 4.02. The van der Waals surface area contributed by atoms with Crippen molar-refractivity contribution in [3.63, 3.8) is 0 Å². The van der Waals surface area contributed by atoms with Crippen LogP contribution in [0.15, 0.2) is 47.4 Å². The molecule has 0 unspecified atom stereocenters. The van der Waals surface area contributed by atoms with Gasteiger partial charge in [-0.25, -0.2) is 0 Å². The normalized spacial score (nSPS) is 13.1. The molecule has 0 heterocycles. The second-order valence-corrected chi connectivity index (χ2v) is 5.15. The first kappa shape index (κ1) is 10.9. The molecule has 1 aliphatic rings. The zero-order valence-corrected chi connectivity index (χ0v) is 10.5. The number of fused-ring (bicyclic) bond motifs is 2. The van der Waals surface area contributed by atoms with E-state index in [0.717, 1.165) is 44.5 Å². The van der Waals surface area contributed by atoms with E-state index in [1.807, 2.05) is 42.5 Å². The Kier molecular flexibility index (Phi) is 2.69. The highest BCUT2D eigenvalue weighted by molar-refractivity contribution is 8.21. The largest absolute Gasteiger partial charge is 0.289 e. The summed E-state index contributed by atoms with van der Waals surface area (Å²) >= 11 is 0. The van der Waals surface area contributed by atoms with Gasteiger partial charge in [0.25, 0.3) is 0 Å². The standard InChI is InChI=1S/C14H9ClOS/c15-17-11-6-5-10-7-9-3-1-2-4-12(9)14(16)13(10)8-11/h1-6,8H,7H2. The summed E-state index contributed by atoms with van der Waals surface area (Å²) in [5, 5.41) is 0. The van der Waals surface area contributed by atoms with Gasteiger partial charge in [-0.2, -0.15) is 0 Å². The predicted octanol–water partition coefficient (Wildman–Crippen LogP) is 4.07. The molecule has 0 fully saturated rings. The van der Waals surface area contributed by atoms with E-state index >= 15 is 0 Å². The van der Waals surface area contributed by atoms with Gasteiger partial charge in [0.1, 0.15) is 0 Å². The molecule has 17 heavy (non-hydrogen) atoms. The Morgan fingerprint density at radius 3 is 2.59 bits per heavy atom. The van der Waals surface area contributed by atoms with E-state index in [0.29, 0.717) is 0 Å². The Bertz CT molecular complexity index is 607. The highest BCUT2D eigenvalue weighted by Gasteiger charge is 2.22. The molecule has 1 aliphatic carbocycles. The summed E-state index contributed by atoms with van der Waals surface area (Å²) < 4.78 is 0. The van der Waals surface area contributed by atoms with Crippen LogP contribution in [0.1, 0.15) is 27.0 Å². The fourth-order valence-electron chi connectivity index (χ4n) is 2.22. The molecule has 0 saturated heterocycles. The number of ketones is 1. The van der Waals surface area contributed by atoms with Crippen LogP contribution in [0.25, 0.3) is 0 Å². The van der Waals surface area contributed by atoms with Crippen molar-refractivity contribution >= 4 is 27.4 Å². The summed E-state index contributed by atoms with van der Waals surface area (Å²) in [6, 6.07) is 13.6. The Morgan fingerprint density at radius 2 is 1.76 bits per heavy atom. The first-order valence-electron chi connectivity index (χ1n) is 5.34. The molecule has 1 nitrogen and oxygen atoms in total. The van der Waals surface area contributed by atoms with E-state index in [2.05, 4.69) is 0 Å². The van der Waals surface area contributed by atoms with Crippen molar-refractivity contribution in [2.75, 3.05) is 0 Å². The number of carbonyl (C=O) groups excluding carboxylic acids is 1. The second-order valence-electron chi connectivity index (χ2n) is 4.06. The minimum absolute atomic E-state index is 0.106. The molecule has 84 valence electrons. The lowest BCUT2D eigenvalue weighted by Gasteiger charge is -2.18. The van der Waals surface area contributed by atoms with Gasteiger partial charge in [0, 0.05) is 16.0 Å². The van der Waals surface area contributed by atoms with Crippen LogP contribution in [-0.2, 0) is 6.42 Å². The van der Waals surface area contributed by atoms with E-state index < -0.39 is 0 Å². The van der Waals surface area contributed by atoms with E-state index in [9.17, 15) is 4.79 Å². The fraction of sp³-hybridized carbons (Fsp3) is 0.0714. The SMILES string of the molecule is O=C1c2ccccc2Cc2ccc(SCl)cc21. The second kappa shape index (κ2) is 4.21. The van der Waals surface area contributed by atoms with Gasteiger partial charge in [0.15, 0.2) is 5.78 Å². The fourth-order valence-corrected chi connectivity index (χ4v) is 2.79. The number of carbonyl (C=O) groups is 1. The van der Waals surface area contributed by atoms with Crippen LogP contribution in [0, 0.1) is 0 Å². The molecule has 0 N–H and O–H groups in total. The molecule has 0 bridgehead atoms. The molecule has 0 amide bonds. The Labute approximate surface area is 108 Å². The maximum Gasteiger partial charge on any atom is 0.193 e. The average Bonchev–Trinajstić information content (AvgIpc) is 2.39. The summed E-state index contributed by atoms with van der Waals surface area (Å²) in [6.45, 7) is 0. The molecule has 3 heteroatoms. The van der Waals surface area contributed by atoms with E-state index in [4.69, 9.17) is 10.7 Å². The highest BCUT2D eigenvalue weighted by Crippen LogP contribution is 2.31. The lowest BCUT2D eigenvalue weighted by atomic mass is 9.85. The van der Waals surface area contributed by atoms with Crippen LogP contribution in [0.4, 0.5) is 0 Å². The smallest absolute Gasteiger partial charge is 0.193 e. The first-order valence-corrected chi connectivity index (χ1v) is 6.98. The van der Waals surface area contributed by atoms with E-state index in [1.54, 1.807) is 0 Å². The number of hydrogen-bond acceptors (Lipinski definition) is 2. The van der Waals surface area contributed by atoms with Crippen LogP contribution in [0.5, 0.6) is 0 Å². The topological polar surface area (TPSA) is 17.1 Å². The molecule has 3 rings (SSSR count). The molecule has 0 atom stereocenters. The highest BCUT2D eigenvalue weighted by atomic mass is 35.7. The summed E-state index contributed by atoms with van der Waals surface area (Å²) in [4.78, 5) is 13.2. The summed E-state index contributed by atoms with van der Waals surface area (Å²) in [7, 11) is 6.87. The van der Waals surface area contributed by atoms with Crippen molar-refractivity contribution < 1.29 is 4.79 Å². The van der Waals surface area contributed by atoms with Gasteiger partial charge in [-0.3, -0.25) is 4.79 Å². The van der Waals surface area contributed by atoms with Gasteiger partial charge in [-0.1, -0.05) is 30.3 Å². The molecule has 0 spiro atoms. The van der Waals surface area contributed by atoms with Gasteiger partial charge < -0.3 is 0 Å². The third kappa shape index (κ3) is 1.78. The van der Waals surface area contributed by atoms with Crippen molar-refractivity contribution in [2.24, 2.45) is 0 Å². The van der Waals surface area contributed by atoms with Gasteiger partial charge in [-0.15, -0.1) is 0 Å². The number of benzene rings is 2.